The first-order valence-corrected chi connectivity index (χ1v) is 12.1. The summed E-state index contributed by atoms with van der Waals surface area (Å²) in [7, 11) is 0. The molecular weight excluding hydrogens is 476 g/mol. The Labute approximate surface area is 210 Å². The number of nitrogen functional groups attached to an aromatic ring is 1. The van der Waals surface area contributed by atoms with E-state index in [-0.39, 0.29) is 12.0 Å². The lowest BCUT2D eigenvalue weighted by atomic mass is 10.2. The Balaban J connectivity index is 1.13. The van der Waals surface area contributed by atoms with Gasteiger partial charge < -0.3 is 25.8 Å². The average molecular weight is 499 g/mol. The van der Waals surface area contributed by atoms with E-state index in [1.807, 2.05) is 59.4 Å². The number of ether oxygens (including phenoxy) is 2. The van der Waals surface area contributed by atoms with Gasteiger partial charge >= 0.3 is 0 Å². The molecule has 4 N–H and O–H groups in total. The molecule has 0 spiro atoms. The number of amides is 1. The standard InChI is InChI=1S/C26H22N6O3S/c27-20-3-1-2-4-21(20)31-25(33)16-5-7-17(8-6-16)30-26-29-13-23(36-26)22-12-28-24-11-18(9-10-32(22)24)35-19-14-34-15-19/h1-13,19H,14-15,27H2,(H,29,30)(H,31,33). The number of para-hydroxylation sites is 2. The van der Waals surface area contributed by atoms with Crippen molar-refractivity contribution in [3.8, 4) is 16.3 Å². The monoisotopic (exact) mass is 498 g/mol. The number of anilines is 4. The number of hydrogen-bond acceptors (Lipinski definition) is 8. The van der Waals surface area contributed by atoms with Crippen molar-refractivity contribution in [1.29, 1.82) is 0 Å². The Morgan fingerprint density at radius 2 is 1.92 bits per heavy atom. The van der Waals surface area contributed by atoms with Crippen LogP contribution in [0.15, 0.2) is 79.3 Å². The van der Waals surface area contributed by atoms with Crippen molar-refractivity contribution in [2.45, 2.75) is 6.10 Å². The van der Waals surface area contributed by atoms with Gasteiger partial charge in [-0.1, -0.05) is 23.5 Å². The fourth-order valence-corrected chi connectivity index (χ4v) is 4.62. The molecule has 0 bridgehead atoms. The summed E-state index contributed by atoms with van der Waals surface area (Å²) in [5.41, 5.74) is 10.1. The van der Waals surface area contributed by atoms with Crippen LogP contribution in [0.25, 0.3) is 16.2 Å². The smallest absolute Gasteiger partial charge is 0.255 e. The predicted molar refractivity (Wildman–Crippen MR) is 140 cm³/mol. The van der Waals surface area contributed by atoms with Crippen molar-refractivity contribution in [1.82, 2.24) is 14.4 Å². The van der Waals surface area contributed by atoms with Gasteiger partial charge in [-0.25, -0.2) is 9.97 Å². The number of nitrogens with one attached hydrogen (secondary N) is 2. The number of carbonyl (C=O) groups excluding carboxylic acids is 1. The summed E-state index contributed by atoms with van der Waals surface area (Å²) in [6, 6.07) is 18.2. The van der Waals surface area contributed by atoms with Crippen LogP contribution in [0.3, 0.4) is 0 Å². The maximum absolute atomic E-state index is 12.6. The van der Waals surface area contributed by atoms with E-state index in [0.717, 1.165) is 32.8 Å². The number of rotatable bonds is 7. The third kappa shape index (κ3) is 4.47. The van der Waals surface area contributed by atoms with Crippen molar-refractivity contribution in [2.24, 2.45) is 0 Å². The number of imidazole rings is 1. The molecule has 180 valence electrons. The van der Waals surface area contributed by atoms with Gasteiger partial charge in [-0.05, 0) is 42.5 Å². The third-order valence-electron chi connectivity index (χ3n) is 5.76. The number of pyridine rings is 1. The van der Waals surface area contributed by atoms with Crippen LogP contribution in [0.1, 0.15) is 10.4 Å². The summed E-state index contributed by atoms with van der Waals surface area (Å²) >= 11 is 1.52. The molecule has 0 unspecified atom stereocenters. The van der Waals surface area contributed by atoms with E-state index in [1.54, 1.807) is 24.3 Å². The van der Waals surface area contributed by atoms with Gasteiger partial charge in [0.05, 0.1) is 41.4 Å². The molecule has 1 aliphatic heterocycles. The van der Waals surface area contributed by atoms with E-state index in [4.69, 9.17) is 15.2 Å². The summed E-state index contributed by atoms with van der Waals surface area (Å²) < 4.78 is 13.0. The molecule has 1 aliphatic rings. The van der Waals surface area contributed by atoms with E-state index in [9.17, 15) is 4.79 Å². The molecule has 0 radical (unpaired) electrons. The molecule has 2 aromatic carbocycles. The van der Waals surface area contributed by atoms with Gasteiger partial charge in [-0.3, -0.25) is 9.20 Å². The molecule has 10 heteroatoms. The number of fused-ring (bicyclic) bond motifs is 1. The maximum Gasteiger partial charge on any atom is 0.255 e. The predicted octanol–water partition coefficient (Wildman–Crippen LogP) is 4.81. The molecule has 5 aromatic rings. The van der Waals surface area contributed by atoms with Crippen molar-refractivity contribution < 1.29 is 14.3 Å². The first-order chi connectivity index (χ1) is 17.6. The van der Waals surface area contributed by atoms with Gasteiger partial charge in [0.1, 0.15) is 17.5 Å². The Morgan fingerprint density at radius 1 is 1.08 bits per heavy atom. The van der Waals surface area contributed by atoms with E-state index < -0.39 is 0 Å². The highest BCUT2D eigenvalue weighted by molar-refractivity contribution is 7.18. The summed E-state index contributed by atoms with van der Waals surface area (Å²) in [5, 5.41) is 6.86. The molecule has 0 atom stereocenters. The largest absolute Gasteiger partial charge is 0.485 e. The molecule has 9 nitrogen and oxygen atoms in total. The van der Waals surface area contributed by atoms with Gasteiger partial charge in [-0.2, -0.15) is 0 Å². The summed E-state index contributed by atoms with van der Waals surface area (Å²) in [6.45, 7) is 1.25. The zero-order valence-corrected chi connectivity index (χ0v) is 19.9. The second kappa shape index (κ2) is 9.33. The Bertz CT molecular complexity index is 1540. The molecule has 0 saturated carbocycles. The number of nitrogens with zero attached hydrogens (tertiary/aromatic N) is 3. The lowest BCUT2D eigenvalue weighted by molar-refractivity contribution is -0.0796. The minimum Gasteiger partial charge on any atom is -0.485 e. The van der Waals surface area contributed by atoms with Crippen LogP contribution in [0.5, 0.6) is 5.75 Å². The van der Waals surface area contributed by atoms with Crippen LogP contribution in [-0.2, 0) is 4.74 Å². The number of benzene rings is 2. The summed E-state index contributed by atoms with van der Waals surface area (Å²) in [5.74, 6) is 0.558. The highest BCUT2D eigenvalue weighted by Gasteiger charge is 2.20. The van der Waals surface area contributed by atoms with Gasteiger partial charge in [0, 0.05) is 29.7 Å². The van der Waals surface area contributed by atoms with Crippen molar-refractivity contribution >= 4 is 45.1 Å². The topological polar surface area (TPSA) is 116 Å². The van der Waals surface area contributed by atoms with Crippen LogP contribution in [-0.4, -0.2) is 39.6 Å². The first kappa shape index (κ1) is 22.1. The molecule has 1 fully saturated rings. The normalized spacial score (nSPS) is 13.3. The van der Waals surface area contributed by atoms with Crippen molar-refractivity contribution in [3.05, 3.63) is 84.8 Å². The molecule has 1 saturated heterocycles. The molecule has 36 heavy (non-hydrogen) atoms. The van der Waals surface area contributed by atoms with Gasteiger partial charge in [0.15, 0.2) is 5.13 Å². The van der Waals surface area contributed by atoms with Gasteiger partial charge in [0.2, 0.25) is 0 Å². The quantitative estimate of drug-likeness (QED) is 0.276. The van der Waals surface area contributed by atoms with E-state index in [0.29, 0.717) is 30.2 Å². The van der Waals surface area contributed by atoms with Gasteiger partial charge in [-0.15, -0.1) is 0 Å². The fourth-order valence-electron chi connectivity index (χ4n) is 3.78. The van der Waals surface area contributed by atoms with Gasteiger partial charge in [0.25, 0.3) is 5.91 Å². The molecule has 0 aliphatic carbocycles. The second-order valence-electron chi connectivity index (χ2n) is 8.28. The highest BCUT2D eigenvalue weighted by atomic mass is 32.1. The van der Waals surface area contributed by atoms with Crippen LogP contribution in [0, 0.1) is 0 Å². The van der Waals surface area contributed by atoms with Crippen LogP contribution in [0.4, 0.5) is 22.2 Å². The van der Waals surface area contributed by atoms with E-state index in [2.05, 4.69) is 20.6 Å². The Morgan fingerprint density at radius 3 is 2.69 bits per heavy atom. The Kier molecular flexibility index (Phi) is 5.72. The highest BCUT2D eigenvalue weighted by Crippen LogP contribution is 2.32. The SMILES string of the molecule is Nc1ccccc1NC(=O)c1ccc(Nc2ncc(-c3cnc4cc(OC5COC5)ccn34)s2)cc1. The lowest BCUT2D eigenvalue weighted by Gasteiger charge is -2.26. The van der Waals surface area contributed by atoms with E-state index in [1.165, 1.54) is 11.3 Å². The number of aromatic nitrogens is 3. The second-order valence-corrected chi connectivity index (χ2v) is 9.32. The van der Waals surface area contributed by atoms with E-state index >= 15 is 0 Å². The Hall–Kier alpha value is -4.41. The molecular formula is C26H22N6O3S. The molecule has 4 heterocycles. The zero-order chi connectivity index (χ0) is 24.5. The van der Waals surface area contributed by atoms with Crippen LogP contribution >= 0.6 is 11.3 Å². The first-order valence-electron chi connectivity index (χ1n) is 11.3. The fraction of sp³-hybridized carbons (Fsp3) is 0.115. The number of hydrogen-bond donors (Lipinski definition) is 3. The van der Waals surface area contributed by atoms with Crippen LogP contribution < -0.4 is 21.1 Å². The zero-order valence-electron chi connectivity index (χ0n) is 19.0. The number of thiazole rings is 1. The lowest BCUT2D eigenvalue weighted by Crippen LogP contribution is -2.38. The summed E-state index contributed by atoms with van der Waals surface area (Å²) in [4.78, 5) is 22.6. The third-order valence-corrected chi connectivity index (χ3v) is 6.70. The molecule has 1 amide bonds. The minimum atomic E-state index is -0.224. The molecule has 6 rings (SSSR count). The number of carbonyl (C=O) groups is 1. The average Bonchev–Trinajstić information content (AvgIpc) is 3.50. The minimum absolute atomic E-state index is 0.114. The summed E-state index contributed by atoms with van der Waals surface area (Å²) in [6.07, 6.45) is 5.71. The van der Waals surface area contributed by atoms with Crippen molar-refractivity contribution in [3.63, 3.8) is 0 Å². The number of nitrogens with two attached hydrogens (primary N) is 1. The van der Waals surface area contributed by atoms with Crippen LogP contribution in [0.2, 0.25) is 0 Å². The molecule has 3 aromatic heterocycles. The van der Waals surface area contributed by atoms with Crippen molar-refractivity contribution in [2.75, 3.05) is 29.6 Å². The maximum atomic E-state index is 12.6.